The summed E-state index contributed by atoms with van der Waals surface area (Å²) in [7, 11) is 1.71. The van der Waals surface area contributed by atoms with Crippen LogP contribution in [0.25, 0.3) is 0 Å². The van der Waals surface area contributed by atoms with E-state index in [1.54, 1.807) is 7.11 Å². The van der Waals surface area contributed by atoms with E-state index in [0.29, 0.717) is 6.61 Å². The van der Waals surface area contributed by atoms with Gasteiger partial charge in [-0.05, 0) is 51.2 Å². The van der Waals surface area contributed by atoms with E-state index in [1.165, 1.54) is 45.3 Å². The number of rotatable bonds is 7. The SMILES string of the molecule is COCCOCCN1CCC(C2CCCN2)CC1. The topological polar surface area (TPSA) is 33.7 Å². The van der Waals surface area contributed by atoms with Crippen molar-refractivity contribution in [1.82, 2.24) is 10.2 Å². The molecule has 0 amide bonds. The molecule has 4 nitrogen and oxygen atoms in total. The molecular formula is C14H28N2O2. The number of likely N-dealkylation sites (tertiary alicyclic amines) is 1. The fraction of sp³-hybridized carbons (Fsp3) is 1.00. The van der Waals surface area contributed by atoms with E-state index in [4.69, 9.17) is 9.47 Å². The van der Waals surface area contributed by atoms with E-state index >= 15 is 0 Å². The van der Waals surface area contributed by atoms with Gasteiger partial charge in [0, 0.05) is 19.7 Å². The average Bonchev–Trinajstić information content (AvgIpc) is 2.93. The van der Waals surface area contributed by atoms with Crippen molar-refractivity contribution < 1.29 is 9.47 Å². The molecule has 2 heterocycles. The average molecular weight is 256 g/mol. The summed E-state index contributed by atoms with van der Waals surface area (Å²) in [5.74, 6) is 0.915. The van der Waals surface area contributed by atoms with Crippen LogP contribution in [0.1, 0.15) is 25.7 Å². The van der Waals surface area contributed by atoms with Gasteiger partial charge in [0.25, 0.3) is 0 Å². The molecule has 2 rings (SSSR count). The lowest BCUT2D eigenvalue weighted by Gasteiger charge is -2.34. The monoisotopic (exact) mass is 256 g/mol. The van der Waals surface area contributed by atoms with Crippen LogP contribution in [0.5, 0.6) is 0 Å². The van der Waals surface area contributed by atoms with Gasteiger partial charge in [0.15, 0.2) is 0 Å². The van der Waals surface area contributed by atoms with E-state index in [-0.39, 0.29) is 0 Å². The molecule has 4 heteroatoms. The van der Waals surface area contributed by atoms with Crippen molar-refractivity contribution in [1.29, 1.82) is 0 Å². The zero-order chi connectivity index (χ0) is 12.6. The minimum Gasteiger partial charge on any atom is -0.382 e. The molecule has 0 aromatic carbocycles. The number of ether oxygens (including phenoxy) is 2. The first kappa shape index (κ1) is 14.3. The number of hydrogen-bond donors (Lipinski definition) is 1. The van der Waals surface area contributed by atoms with E-state index in [0.717, 1.165) is 31.7 Å². The molecule has 106 valence electrons. The maximum absolute atomic E-state index is 5.52. The number of nitrogens with one attached hydrogen (secondary N) is 1. The highest BCUT2D eigenvalue weighted by Gasteiger charge is 2.27. The molecule has 0 bridgehead atoms. The van der Waals surface area contributed by atoms with Crippen LogP contribution in [0.15, 0.2) is 0 Å². The van der Waals surface area contributed by atoms with Crippen LogP contribution >= 0.6 is 0 Å². The van der Waals surface area contributed by atoms with Crippen LogP contribution in [0, 0.1) is 5.92 Å². The second-order valence-corrected chi connectivity index (χ2v) is 5.49. The van der Waals surface area contributed by atoms with E-state index in [2.05, 4.69) is 10.2 Å². The predicted octanol–water partition coefficient (Wildman–Crippen LogP) is 1.11. The molecule has 0 aromatic rings. The van der Waals surface area contributed by atoms with Gasteiger partial charge >= 0.3 is 0 Å². The van der Waals surface area contributed by atoms with Crippen molar-refractivity contribution in [2.24, 2.45) is 5.92 Å². The van der Waals surface area contributed by atoms with Crippen LogP contribution in [-0.4, -0.2) is 64.1 Å². The van der Waals surface area contributed by atoms with Crippen molar-refractivity contribution in [3.05, 3.63) is 0 Å². The van der Waals surface area contributed by atoms with Crippen LogP contribution in [0.3, 0.4) is 0 Å². The normalized spacial score (nSPS) is 26.8. The lowest BCUT2D eigenvalue weighted by Crippen LogP contribution is -2.41. The third-order valence-corrected chi connectivity index (χ3v) is 4.28. The van der Waals surface area contributed by atoms with Crippen molar-refractivity contribution in [2.45, 2.75) is 31.7 Å². The Labute approximate surface area is 111 Å². The molecule has 0 spiro atoms. The minimum atomic E-state index is 0.704. The second kappa shape index (κ2) is 8.10. The first-order chi connectivity index (χ1) is 8.90. The summed E-state index contributed by atoms with van der Waals surface area (Å²) in [6.45, 7) is 7.07. The summed E-state index contributed by atoms with van der Waals surface area (Å²) in [4.78, 5) is 2.54. The molecule has 1 N–H and O–H groups in total. The Balaban J connectivity index is 1.53. The van der Waals surface area contributed by atoms with Gasteiger partial charge in [-0.15, -0.1) is 0 Å². The lowest BCUT2D eigenvalue weighted by atomic mass is 9.88. The van der Waals surface area contributed by atoms with Crippen LogP contribution in [0.4, 0.5) is 0 Å². The fourth-order valence-corrected chi connectivity index (χ4v) is 3.13. The Bertz CT molecular complexity index is 212. The summed E-state index contributed by atoms with van der Waals surface area (Å²) in [5.41, 5.74) is 0. The Kier molecular flexibility index (Phi) is 6.41. The molecule has 18 heavy (non-hydrogen) atoms. The smallest absolute Gasteiger partial charge is 0.0700 e. The predicted molar refractivity (Wildman–Crippen MR) is 72.9 cm³/mol. The summed E-state index contributed by atoms with van der Waals surface area (Å²) in [6, 6.07) is 0.810. The lowest BCUT2D eigenvalue weighted by molar-refractivity contribution is 0.0496. The molecule has 1 unspecified atom stereocenters. The Morgan fingerprint density at radius 1 is 1.11 bits per heavy atom. The molecule has 0 radical (unpaired) electrons. The Hall–Kier alpha value is -0.160. The van der Waals surface area contributed by atoms with Crippen molar-refractivity contribution in [3.8, 4) is 0 Å². The van der Waals surface area contributed by atoms with Crippen molar-refractivity contribution in [3.63, 3.8) is 0 Å². The van der Waals surface area contributed by atoms with Crippen LogP contribution in [0.2, 0.25) is 0 Å². The van der Waals surface area contributed by atoms with Gasteiger partial charge in [0.2, 0.25) is 0 Å². The van der Waals surface area contributed by atoms with Crippen LogP contribution < -0.4 is 5.32 Å². The molecule has 2 fully saturated rings. The fourth-order valence-electron chi connectivity index (χ4n) is 3.13. The molecule has 1 atom stereocenters. The Morgan fingerprint density at radius 3 is 2.61 bits per heavy atom. The summed E-state index contributed by atoms with van der Waals surface area (Å²) in [5, 5.41) is 3.65. The third kappa shape index (κ3) is 4.50. The molecular weight excluding hydrogens is 228 g/mol. The first-order valence-electron chi connectivity index (χ1n) is 7.42. The Morgan fingerprint density at radius 2 is 1.94 bits per heavy atom. The third-order valence-electron chi connectivity index (χ3n) is 4.28. The standard InChI is InChI=1S/C14H28N2O2/c1-17-11-12-18-10-9-16-7-4-13(5-8-16)14-3-2-6-15-14/h13-15H,2-12H2,1H3. The van der Waals surface area contributed by atoms with Gasteiger partial charge < -0.3 is 19.7 Å². The summed E-state index contributed by atoms with van der Waals surface area (Å²) < 4.78 is 10.5. The van der Waals surface area contributed by atoms with Crippen LogP contribution in [-0.2, 0) is 9.47 Å². The molecule has 2 aliphatic heterocycles. The minimum absolute atomic E-state index is 0.704. The number of nitrogens with zero attached hydrogens (tertiary/aromatic N) is 1. The van der Waals surface area contributed by atoms with Crippen molar-refractivity contribution in [2.75, 3.05) is 53.1 Å². The number of methoxy groups -OCH3 is 1. The largest absolute Gasteiger partial charge is 0.382 e. The van der Waals surface area contributed by atoms with Gasteiger partial charge in [0.1, 0.15) is 0 Å². The number of hydrogen-bond acceptors (Lipinski definition) is 4. The van der Waals surface area contributed by atoms with Gasteiger partial charge in [-0.25, -0.2) is 0 Å². The maximum Gasteiger partial charge on any atom is 0.0700 e. The highest BCUT2D eigenvalue weighted by atomic mass is 16.5. The highest BCUT2D eigenvalue weighted by Crippen LogP contribution is 2.25. The highest BCUT2D eigenvalue weighted by molar-refractivity contribution is 4.85. The van der Waals surface area contributed by atoms with Crippen molar-refractivity contribution >= 4 is 0 Å². The van der Waals surface area contributed by atoms with Gasteiger partial charge in [0.05, 0.1) is 19.8 Å². The summed E-state index contributed by atoms with van der Waals surface area (Å²) >= 11 is 0. The summed E-state index contributed by atoms with van der Waals surface area (Å²) in [6.07, 6.45) is 5.48. The molecule has 0 saturated carbocycles. The maximum atomic E-state index is 5.52. The quantitative estimate of drug-likeness (QED) is 0.692. The molecule has 0 aromatic heterocycles. The van der Waals surface area contributed by atoms with E-state index in [1.807, 2.05) is 0 Å². The molecule has 2 saturated heterocycles. The van der Waals surface area contributed by atoms with Gasteiger partial charge in [-0.1, -0.05) is 0 Å². The van der Waals surface area contributed by atoms with Gasteiger partial charge in [-0.3, -0.25) is 0 Å². The number of piperidine rings is 1. The van der Waals surface area contributed by atoms with E-state index < -0.39 is 0 Å². The second-order valence-electron chi connectivity index (χ2n) is 5.49. The van der Waals surface area contributed by atoms with E-state index in [9.17, 15) is 0 Å². The zero-order valence-corrected chi connectivity index (χ0v) is 11.7. The van der Waals surface area contributed by atoms with Gasteiger partial charge in [-0.2, -0.15) is 0 Å². The first-order valence-corrected chi connectivity index (χ1v) is 7.42. The molecule has 2 aliphatic rings. The molecule has 0 aliphatic carbocycles. The zero-order valence-electron chi connectivity index (χ0n) is 11.7.